The zero-order valence-corrected chi connectivity index (χ0v) is 18.3. The van der Waals surface area contributed by atoms with Crippen LogP contribution >= 0.6 is 11.3 Å². The van der Waals surface area contributed by atoms with Gasteiger partial charge in [0, 0.05) is 43.1 Å². The average molecular weight is 429 g/mol. The van der Waals surface area contributed by atoms with Gasteiger partial charge in [-0.1, -0.05) is 6.07 Å². The molecule has 1 saturated heterocycles. The van der Waals surface area contributed by atoms with Crippen molar-refractivity contribution in [2.45, 2.75) is 45.8 Å². The molecular formula is C23H28N2O4S. The molecule has 0 bridgehead atoms. The SMILES string of the molecule is CCOc1cc2c(cc1CNC(=O)C1CCN(C(=O)c3cccs3)CC1)O[C@H](C)C2. The average Bonchev–Trinajstić information content (AvgIpc) is 3.40. The lowest BCUT2D eigenvalue weighted by atomic mass is 9.95. The van der Waals surface area contributed by atoms with Gasteiger partial charge in [-0.25, -0.2) is 0 Å². The van der Waals surface area contributed by atoms with Crippen molar-refractivity contribution in [3.05, 3.63) is 45.6 Å². The van der Waals surface area contributed by atoms with Gasteiger partial charge in [-0.3, -0.25) is 9.59 Å². The van der Waals surface area contributed by atoms with Crippen molar-refractivity contribution in [1.29, 1.82) is 0 Å². The first-order chi connectivity index (χ1) is 14.5. The maximum atomic E-state index is 12.7. The molecule has 160 valence electrons. The van der Waals surface area contributed by atoms with Crippen molar-refractivity contribution in [1.82, 2.24) is 10.2 Å². The molecular weight excluding hydrogens is 400 g/mol. The van der Waals surface area contributed by atoms with E-state index in [4.69, 9.17) is 9.47 Å². The number of likely N-dealkylation sites (tertiary alicyclic amines) is 1. The number of carbonyl (C=O) groups is 2. The van der Waals surface area contributed by atoms with Crippen molar-refractivity contribution in [2.75, 3.05) is 19.7 Å². The summed E-state index contributed by atoms with van der Waals surface area (Å²) in [5.41, 5.74) is 2.09. The van der Waals surface area contributed by atoms with E-state index in [2.05, 4.69) is 12.2 Å². The van der Waals surface area contributed by atoms with Crippen LogP contribution in [0.1, 0.15) is 47.5 Å². The van der Waals surface area contributed by atoms with E-state index in [-0.39, 0.29) is 23.8 Å². The first-order valence-corrected chi connectivity index (χ1v) is 11.5. The molecule has 1 N–H and O–H groups in total. The number of amides is 2. The zero-order valence-electron chi connectivity index (χ0n) is 17.5. The van der Waals surface area contributed by atoms with E-state index in [1.54, 1.807) is 0 Å². The van der Waals surface area contributed by atoms with Crippen LogP contribution in [0.5, 0.6) is 11.5 Å². The molecule has 1 fully saturated rings. The van der Waals surface area contributed by atoms with Gasteiger partial charge >= 0.3 is 0 Å². The highest BCUT2D eigenvalue weighted by Gasteiger charge is 2.28. The zero-order chi connectivity index (χ0) is 21.1. The Hall–Kier alpha value is -2.54. The van der Waals surface area contributed by atoms with Crippen LogP contribution in [0.2, 0.25) is 0 Å². The van der Waals surface area contributed by atoms with Gasteiger partial charge in [0.05, 0.1) is 11.5 Å². The van der Waals surface area contributed by atoms with Crippen LogP contribution in [0, 0.1) is 5.92 Å². The van der Waals surface area contributed by atoms with Gasteiger partial charge in [-0.15, -0.1) is 11.3 Å². The second-order valence-corrected chi connectivity index (χ2v) is 8.84. The van der Waals surface area contributed by atoms with Crippen LogP contribution < -0.4 is 14.8 Å². The van der Waals surface area contributed by atoms with Gasteiger partial charge in [0.2, 0.25) is 5.91 Å². The molecule has 1 aromatic heterocycles. The molecule has 0 saturated carbocycles. The summed E-state index contributed by atoms with van der Waals surface area (Å²) in [4.78, 5) is 27.8. The second-order valence-electron chi connectivity index (χ2n) is 7.89. The Morgan fingerprint density at radius 1 is 1.30 bits per heavy atom. The predicted octanol–water partition coefficient (Wildman–Crippen LogP) is 3.64. The lowest BCUT2D eigenvalue weighted by Crippen LogP contribution is -2.42. The summed E-state index contributed by atoms with van der Waals surface area (Å²) in [5, 5.41) is 4.98. The number of fused-ring (bicyclic) bond motifs is 1. The van der Waals surface area contributed by atoms with E-state index in [1.165, 1.54) is 11.3 Å². The molecule has 0 spiro atoms. The summed E-state index contributed by atoms with van der Waals surface area (Å²) < 4.78 is 11.7. The largest absolute Gasteiger partial charge is 0.494 e. The predicted molar refractivity (Wildman–Crippen MR) is 116 cm³/mol. The van der Waals surface area contributed by atoms with E-state index in [1.807, 2.05) is 41.5 Å². The molecule has 2 amide bonds. The normalized spacial score (nSPS) is 18.6. The number of thiophene rings is 1. The van der Waals surface area contributed by atoms with Gasteiger partial charge in [0.1, 0.15) is 17.6 Å². The maximum absolute atomic E-state index is 12.7. The van der Waals surface area contributed by atoms with Crippen molar-refractivity contribution >= 4 is 23.2 Å². The minimum absolute atomic E-state index is 0.0375. The summed E-state index contributed by atoms with van der Waals surface area (Å²) in [6.45, 7) is 6.23. The Balaban J connectivity index is 1.33. The fourth-order valence-electron chi connectivity index (χ4n) is 4.14. The third kappa shape index (κ3) is 4.46. The number of hydrogen-bond acceptors (Lipinski definition) is 5. The molecule has 1 aromatic carbocycles. The molecule has 2 aliphatic heterocycles. The van der Waals surface area contributed by atoms with Crippen LogP contribution in [0.3, 0.4) is 0 Å². The molecule has 3 heterocycles. The van der Waals surface area contributed by atoms with Crippen molar-refractivity contribution in [3.8, 4) is 11.5 Å². The number of carbonyl (C=O) groups excluding carboxylic acids is 2. The third-order valence-corrected chi connectivity index (χ3v) is 6.57. The Kier molecular flexibility index (Phi) is 6.27. The van der Waals surface area contributed by atoms with Crippen molar-refractivity contribution < 1.29 is 19.1 Å². The summed E-state index contributed by atoms with van der Waals surface area (Å²) in [6, 6.07) is 7.77. The van der Waals surface area contributed by atoms with E-state index < -0.39 is 0 Å². The van der Waals surface area contributed by atoms with Gasteiger partial charge < -0.3 is 19.7 Å². The number of ether oxygens (including phenoxy) is 2. The molecule has 0 radical (unpaired) electrons. The van der Waals surface area contributed by atoms with Crippen LogP contribution in [0.4, 0.5) is 0 Å². The first kappa shape index (κ1) is 20.7. The standard InChI is InChI=1S/C23H28N2O4S/c1-3-28-19-12-17-11-15(2)29-20(17)13-18(19)14-24-22(26)16-6-8-25(9-7-16)23(27)21-5-4-10-30-21/h4-5,10,12-13,15-16H,3,6-9,11,14H2,1-2H3,(H,24,26)/t15-/m1/s1. The smallest absolute Gasteiger partial charge is 0.263 e. The molecule has 0 unspecified atom stereocenters. The van der Waals surface area contributed by atoms with Crippen LogP contribution in [-0.4, -0.2) is 42.5 Å². The number of rotatable bonds is 6. The number of nitrogens with zero attached hydrogens (tertiary/aromatic N) is 1. The van der Waals surface area contributed by atoms with Crippen LogP contribution in [0.15, 0.2) is 29.6 Å². The van der Waals surface area contributed by atoms with E-state index in [0.717, 1.165) is 33.9 Å². The van der Waals surface area contributed by atoms with Crippen LogP contribution in [-0.2, 0) is 17.8 Å². The lowest BCUT2D eigenvalue weighted by molar-refractivity contribution is -0.126. The Morgan fingerprint density at radius 2 is 2.10 bits per heavy atom. The summed E-state index contributed by atoms with van der Waals surface area (Å²) >= 11 is 1.46. The molecule has 0 aliphatic carbocycles. The molecule has 2 aromatic rings. The lowest BCUT2D eigenvalue weighted by Gasteiger charge is -2.31. The molecule has 6 nitrogen and oxygen atoms in total. The summed E-state index contributed by atoms with van der Waals surface area (Å²) in [7, 11) is 0. The van der Waals surface area contributed by atoms with Crippen molar-refractivity contribution in [3.63, 3.8) is 0 Å². The van der Waals surface area contributed by atoms with Crippen molar-refractivity contribution in [2.24, 2.45) is 5.92 Å². The number of nitrogens with one attached hydrogen (secondary N) is 1. The van der Waals surface area contributed by atoms with Gasteiger partial charge in [0.25, 0.3) is 5.91 Å². The topological polar surface area (TPSA) is 67.9 Å². The molecule has 30 heavy (non-hydrogen) atoms. The van der Waals surface area contributed by atoms with Gasteiger partial charge in [-0.2, -0.15) is 0 Å². The fraction of sp³-hybridized carbons (Fsp3) is 0.478. The number of piperidine rings is 1. The Labute approximate surface area is 181 Å². The van der Waals surface area contributed by atoms with E-state index >= 15 is 0 Å². The Bertz CT molecular complexity index is 904. The van der Waals surface area contributed by atoms with Gasteiger partial charge in [-0.05, 0) is 50.3 Å². The quantitative estimate of drug-likeness (QED) is 0.763. The summed E-state index contributed by atoms with van der Waals surface area (Å²) in [5.74, 6) is 1.73. The summed E-state index contributed by atoms with van der Waals surface area (Å²) in [6.07, 6.45) is 2.42. The molecule has 4 rings (SSSR count). The monoisotopic (exact) mass is 428 g/mol. The minimum atomic E-state index is -0.0707. The molecule has 1 atom stereocenters. The highest BCUT2D eigenvalue weighted by Crippen LogP contribution is 2.35. The van der Waals surface area contributed by atoms with E-state index in [9.17, 15) is 9.59 Å². The highest BCUT2D eigenvalue weighted by molar-refractivity contribution is 7.12. The van der Waals surface area contributed by atoms with Gasteiger partial charge in [0.15, 0.2) is 0 Å². The Morgan fingerprint density at radius 3 is 2.80 bits per heavy atom. The maximum Gasteiger partial charge on any atom is 0.263 e. The second kappa shape index (κ2) is 9.08. The molecule has 2 aliphatic rings. The fourth-order valence-corrected chi connectivity index (χ4v) is 4.83. The first-order valence-electron chi connectivity index (χ1n) is 10.6. The van der Waals surface area contributed by atoms with E-state index in [0.29, 0.717) is 39.1 Å². The van der Waals surface area contributed by atoms with Crippen LogP contribution in [0.25, 0.3) is 0 Å². The molecule has 7 heteroatoms. The minimum Gasteiger partial charge on any atom is -0.494 e. The third-order valence-electron chi connectivity index (χ3n) is 5.72. The highest BCUT2D eigenvalue weighted by atomic mass is 32.1. The number of hydrogen-bond donors (Lipinski definition) is 1. The number of benzene rings is 1.